The first-order chi connectivity index (χ1) is 21.0. The third-order valence-electron chi connectivity index (χ3n) is 8.41. The van der Waals surface area contributed by atoms with Gasteiger partial charge in [-0.15, -0.1) is 0 Å². The monoisotopic (exact) mass is 598 g/mol. The molecule has 12 heteroatoms. The van der Waals surface area contributed by atoms with Crippen LogP contribution < -0.4 is 40.6 Å². The summed E-state index contributed by atoms with van der Waals surface area (Å²) in [6.07, 6.45) is 3.34. The highest BCUT2D eigenvalue weighted by Gasteiger charge is 2.53. The number of fused-ring (bicyclic) bond motifs is 3. The molecular formula is C31H42N4O8. The lowest BCUT2D eigenvalue weighted by molar-refractivity contribution is -0.141. The van der Waals surface area contributed by atoms with Crippen LogP contribution in [-0.2, 0) is 14.3 Å². The Morgan fingerprint density at radius 1 is 0.930 bits per heavy atom. The number of cyclic esters (lactones) is 1. The lowest BCUT2D eigenvalue weighted by Crippen LogP contribution is -2.43. The van der Waals surface area contributed by atoms with Gasteiger partial charge in [0.05, 0.1) is 32.8 Å². The molecule has 5 rings (SSSR count). The summed E-state index contributed by atoms with van der Waals surface area (Å²) in [4.78, 5) is 26.5. The van der Waals surface area contributed by atoms with Gasteiger partial charge in [0.25, 0.3) is 0 Å². The maximum Gasteiger partial charge on any atom is 0.310 e. The topological polar surface area (TPSA) is 163 Å². The minimum atomic E-state index is -0.589. The molecule has 1 saturated heterocycles. The molecule has 1 aliphatic carbocycles. The number of amides is 1. The maximum absolute atomic E-state index is 13.3. The molecule has 43 heavy (non-hydrogen) atoms. The van der Waals surface area contributed by atoms with E-state index in [9.17, 15) is 14.7 Å². The molecule has 3 aliphatic rings. The fourth-order valence-corrected chi connectivity index (χ4v) is 6.27. The van der Waals surface area contributed by atoms with Crippen LogP contribution in [0.25, 0.3) is 0 Å². The Kier molecular flexibility index (Phi) is 10.1. The number of ether oxygens (including phenoxy) is 5. The Hall–Kier alpha value is -3.74. The molecule has 2 unspecified atom stereocenters. The van der Waals surface area contributed by atoms with Crippen LogP contribution in [0.2, 0.25) is 0 Å². The second-order valence-electron chi connectivity index (χ2n) is 11.1. The lowest BCUT2D eigenvalue weighted by atomic mass is 9.65. The fraction of sp³-hybridized carbons (Fsp3) is 0.548. The third kappa shape index (κ3) is 6.61. The Bertz CT molecular complexity index is 1280. The summed E-state index contributed by atoms with van der Waals surface area (Å²) in [5, 5.41) is 20.5. The number of aromatic hydroxyl groups is 1. The van der Waals surface area contributed by atoms with E-state index < -0.39 is 17.9 Å². The van der Waals surface area contributed by atoms with Crippen LogP contribution in [0.15, 0.2) is 24.3 Å². The summed E-state index contributed by atoms with van der Waals surface area (Å²) in [5.74, 6) is -0.358. The Labute approximate surface area is 251 Å². The zero-order valence-electron chi connectivity index (χ0n) is 24.8. The van der Waals surface area contributed by atoms with E-state index >= 15 is 0 Å². The maximum atomic E-state index is 13.3. The third-order valence-corrected chi connectivity index (χ3v) is 8.41. The second-order valence-corrected chi connectivity index (χ2v) is 11.1. The van der Waals surface area contributed by atoms with E-state index in [1.54, 1.807) is 12.1 Å². The highest BCUT2D eigenvalue weighted by molar-refractivity contribution is 5.81. The molecule has 0 radical (unpaired) electrons. The molecule has 2 heterocycles. The van der Waals surface area contributed by atoms with Crippen LogP contribution in [0, 0.1) is 11.8 Å². The van der Waals surface area contributed by atoms with Crippen molar-refractivity contribution in [1.29, 1.82) is 0 Å². The minimum Gasteiger partial charge on any atom is -0.502 e. The van der Waals surface area contributed by atoms with E-state index in [1.807, 2.05) is 12.1 Å². The second kappa shape index (κ2) is 14.2. The number of nitrogens with one attached hydrogen (secondary N) is 3. The van der Waals surface area contributed by atoms with E-state index in [0.717, 1.165) is 50.0 Å². The van der Waals surface area contributed by atoms with Gasteiger partial charge in [-0.3, -0.25) is 9.59 Å². The Balaban J connectivity index is 1.34. The summed E-state index contributed by atoms with van der Waals surface area (Å²) in [6.45, 7) is 4.22. The molecule has 2 aromatic rings. The molecule has 234 valence electrons. The zero-order chi connectivity index (χ0) is 30.3. The van der Waals surface area contributed by atoms with Gasteiger partial charge in [-0.25, -0.2) is 0 Å². The fourth-order valence-electron chi connectivity index (χ4n) is 6.27. The molecule has 1 amide bonds. The van der Waals surface area contributed by atoms with Crippen molar-refractivity contribution in [2.24, 2.45) is 17.6 Å². The summed E-state index contributed by atoms with van der Waals surface area (Å²) in [7, 11) is 2.92. The van der Waals surface area contributed by atoms with Gasteiger partial charge in [-0.1, -0.05) is 0 Å². The summed E-state index contributed by atoms with van der Waals surface area (Å²) in [5.41, 5.74) is 7.86. The molecule has 0 bridgehead atoms. The van der Waals surface area contributed by atoms with Crippen molar-refractivity contribution >= 4 is 11.9 Å². The first-order valence-electron chi connectivity index (χ1n) is 14.9. The van der Waals surface area contributed by atoms with Crippen LogP contribution >= 0.6 is 0 Å². The molecule has 0 spiro atoms. The molecule has 2 aromatic carbocycles. The molecule has 2 aliphatic heterocycles. The number of unbranched alkanes of at least 4 members (excludes halogenated alkanes) is 1. The molecule has 0 aromatic heterocycles. The van der Waals surface area contributed by atoms with Crippen molar-refractivity contribution in [3.63, 3.8) is 0 Å². The predicted octanol–water partition coefficient (Wildman–Crippen LogP) is 1.93. The number of phenols is 1. The largest absolute Gasteiger partial charge is 0.502 e. The van der Waals surface area contributed by atoms with Crippen molar-refractivity contribution in [3.05, 3.63) is 41.0 Å². The molecular weight excluding hydrogens is 556 g/mol. The molecule has 1 fully saturated rings. The standard InChI is InChI=1S/C31H42N4O8/c1-39-24-12-18(13-25(40-2)30(24)37)27-19-14-22-23(43-17-42-22)15-20(19)29(21-16-41-31(38)28(21)27)35-26(36)6-11-34-9-4-3-8-33-10-5-7-32/h12-15,21,27-29,33-34,37H,3-11,16-17,32H2,1-2H3,(H,35,36)/t21?,27?,28-,29+/m0/s1. The van der Waals surface area contributed by atoms with Crippen molar-refractivity contribution in [3.8, 4) is 28.7 Å². The van der Waals surface area contributed by atoms with Crippen LogP contribution in [0.3, 0.4) is 0 Å². The summed E-state index contributed by atoms with van der Waals surface area (Å²) in [6, 6.07) is 6.72. The number of hydrogen-bond acceptors (Lipinski definition) is 11. The summed E-state index contributed by atoms with van der Waals surface area (Å²) >= 11 is 0. The van der Waals surface area contributed by atoms with Gasteiger partial charge in [0.15, 0.2) is 23.0 Å². The molecule has 0 saturated carbocycles. The van der Waals surface area contributed by atoms with Crippen molar-refractivity contribution < 1.29 is 38.4 Å². The smallest absolute Gasteiger partial charge is 0.310 e. The number of carbonyl (C=O) groups excluding carboxylic acids is 2. The van der Waals surface area contributed by atoms with Crippen LogP contribution in [-0.4, -0.2) is 77.3 Å². The number of esters is 1. The van der Waals surface area contributed by atoms with Gasteiger partial charge in [0, 0.05) is 24.8 Å². The lowest BCUT2D eigenvalue weighted by Gasteiger charge is -2.39. The minimum absolute atomic E-state index is 0.0884. The zero-order valence-corrected chi connectivity index (χ0v) is 24.8. The first-order valence-corrected chi connectivity index (χ1v) is 14.9. The van der Waals surface area contributed by atoms with E-state index in [-0.39, 0.29) is 48.4 Å². The molecule has 4 atom stereocenters. The van der Waals surface area contributed by atoms with E-state index in [0.29, 0.717) is 36.6 Å². The quantitative estimate of drug-likeness (QED) is 0.150. The highest BCUT2D eigenvalue weighted by Crippen LogP contribution is 2.55. The van der Waals surface area contributed by atoms with Crippen molar-refractivity contribution in [2.45, 2.75) is 37.6 Å². The highest BCUT2D eigenvalue weighted by atomic mass is 16.7. The molecule has 12 nitrogen and oxygen atoms in total. The van der Waals surface area contributed by atoms with Gasteiger partial charge in [0.1, 0.15) is 0 Å². The van der Waals surface area contributed by atoms with Crippen molar-refractivity contribution in [2.75, 3.05) is 60.3 Å². The predicted molar refractivity (Wildman–Crippen MR) is 158 cm³/mol. The van der Waals surface area contributed by atoms with Crippen molar-refractivity contribution in [1.82, 2.24) is 16.0 Å². The average molecular weight is 599 g/mol. The van der Waals surface area contributed by atoms with Crippen LogP contribution in [0.4, 0.5) is 0 Å². The number of phenolic OH excluding ortho intramolecular Hbond substituents is 1. The number of benzene rings is 2. The summed E-state index contributed by atoms with van der Waals surface area (Å²) < 4.78 is 27.8. The van der Waals surface area contributed by atoms with Gasteiger partial charge >= 0.3 is 5.97 Å². The van der Waals surface area contributed by atoms with E-state index in [1.165, 1.54) is 14.2 Å². The number of nitrogens with two attached hydrogens (primary N) is 1. The molecule has 6 N–H and O–H groups in total. The normalized spacial score (nSPS) is 21.6. The van der Waals surface area contributed by atoms with Crippen LogP contribution in [0.5, 0.6) is 28.7 Å². The van der Waals surface area contributed by atoms with E-state index in [2.05, 4.69) is 16.0 Å². The van der Waals surface area contributed by atoms with Gasteiger partial charge in [0.2, 0.25) is 18.4 Å². The SMILES string of the molecule is COc1cc(C2c3cc4c(cc3[C@@H](NC(=O)CCNCCCCNCCCN)C3COC(=O)[C@H]23)OCO4)cc(OC)c1O. The first kappa shape index (κ1) is 30.7. The van der Waals surface area contributed by atoms with Gasteiger partial charge in [-0.05, 0) is 86.4 Å². The number of carbonyl (C=O) groups is 2. The van der Waals surface area contributed by atoms with Gasteiger partial charge < -0.3 is 50.5 Å². The Morgan fingerprint density at radius 3 is 2.21 bits per heavy atom. The number of rotatable bonds is 15. The average Bonchev–Trinajstić information content (AvgIpc) is 3.63. The Morgan fingerprint density at radius 2 is 1.56 bits per heavy atom. The van der Waals surface area contributed by atoms with E-state index in [4.69, 9.17) is 29.4 Å². The van der Waals surface area contributed by atoms with Gasteiger partial charge in [-0.2, -0.15) is 0 Å². The number of hydrogen-bond donors (Lipinski definition) is 5. The number of methoxy groups -OCH3 is 2. The van der Waals surface area contributed by atoms with Crippen LogP contribution in [0.1, 0.15) is 54.3 Å².